The number of benzene rings is 2. The van der Waals surface area contributed by atoms with Gasteiger partial charge < -0.3 is 9.64 Å². The van der Waals surface area contributed by atoms with E-state index in [1.54, 1.807) is 0 Å². The van der Waals surface area contributed by atoms with Gasteiger partial charge in [0.15, 0.2) is 0 Å². The van der Waals surface area contributed by atoms with Crippen LogP contribution in [0.2, 0.25) is 0 Å². The lowest BCUT2D eigenvalue weighted by Crippen LogP contribution is -2.50. The highest BCUT2D eigenvalue weighted by atomic mass is 35.5. The van der Waals surface area contributed by atoms with E-state index in [-0.39, 0.29) is 24.8 Å². The van der Waals surface area contributed by atoms with Gasteiger partial charge in [0.1, 0.15) is 11.5 Å². The molecule has 0 N–H and O–H groups in total. The summed E-state index contributed by atoms with van der Waals surface area (Å²) >= 11 is 0. The molecule has 0 unspecified atom stereocenters. The minimum atomic E-state index is 0. The van der Waals surface area contributed by atoms with Crippen LogP contribution in [0.25, 0.3) is 0 Å². The fraction of sp³-hybridized carbons (Fsp3) is 0.400. The fourth-order valence-corrected chi connectivity index (χ4v) is 3.69. The summed E-state index contributed by atoms with van der Waals surface area (Å²) in [6, 6.07) is 17.5. The number of nitrogens with zero attached hydrogens (tertiary/aromatic N) is 2. The van der Waals surface area contributed by atoms with Crippen LogP contribution in [0.5, 0.6) is 11.5 Å². The SMILES string of the molecule is CN1CCN(C2Cc3ccccc3Oc3ccccc3C2)CC1.Cl.Cl. The molecule has 25 heavy (non-hydrogen) atoms. The summed E-state index contributed by atoms with van der Waals surface area (Å²) in [4.78, 5) is 5.09. The Morgan fingerprint density at radius 2 is 1.24 bits per heavy atom. The number of ether oxygens (including phenoxy) is 1. The number of fused-ring (bicyclic) bond motifs is 2. The van der Waals surface area contributed by atoms with E-state index in [4.69, 9.17) is 4.74 Å². The minimum Gasteiger partial charge on any atom is -0.457 e. The lowest BCUT2D eigenvalue weighted by atomic mass is 9.94. The Labute approximate surface area is 162 Å². The van der Waals surface area contributed by atoms with Crippen LogP contribution in [-0.4, -0.2) is 49.1 Å². The Morgan fingerprint density at radius 1 is 0.760 bits per heavy atom. The van der Waals surface area contributed by atoms with E-state index in [0.717, 1.165) is 50.5 Å². The normalized spacial score (nSPS) is 18.4. The second-order valence-electron chi connectivity index (χ2n) is 6.72. The third-order valence-electron chi connectivity index (χ3n) is 5.13. The number of hydrogen-bond donors (Lipinski definition) is 0. The maximum absolute atomic E-state index is 6.21. The van der Waals surface area contributed by atoms with E-state index in [1.807, 2.05) is 0 Å². The molecule has 2 heterocycles. The lowest BCUT2D eigenvalue weighted by Gasteiger charge is -2.39. The number of halogens is 2. The highest BCUT2D eigenvalue weighted by molar-refractivity contribution is 5.85. The van der Waals surface area contributed by atoms with E-state index < -0.39 is 0 Å². The highest BCUT2D eigenvalue weighted by Crippen LogP contribution is 2.33. The van der Waals surface area contributed by atoms with Crippen LogP contribution in [0.3, 0.4) is 0 Å². The molecule has 0 aliphatic carbocycles. The van der Waals surface area contributed by atoms with Crippen LogP contribution >= 0.6 is 24.8 Å². The van der Waals surface area contributed by atoms with E-state index in [0.29, 0.717) is 6.04 Å². The van der Waals surface area contributed by atoms with E-state index in [1.165, 1.54) is 11.1 Å². The molecule has 2 aromatic carbocycles. The molecule has 0 spiro atoms. The van der Waals surface area contributed by atoms with Gasteiger partial charge in [-0.25, -0.2) is 0 Å². The molecule has 0 aromatic heterocycles. The Kier molecular flexibility index (Phi) is 7.14. The van der Waals surface area contributed by atoms with Gasteiger partial charge >= 0.3 is 0 Å². The van der Waals surface area contributed by atoms with Crippen molar-refractivity contribution in [2.75, 3.05) is 33.2 Å². The van der Waals surface area contributed by atoms with Crippen LogP contribution < -0.4 is 4.74 Å². The van der Waals surface area contributed by atoms with Crippen molar-refractivity contribution in [3.8, 4) is 11.5 Å². The van der Waals surface area contributed by atoms with Crippen molar-refractivity contribution in [2.45, 2.75) is 18.9 Å². The fourth-order valence-electron chi connectivity index (χ4n) is 3.69. The van der Waals surface area contributed by atoms with Crippen molar-refractivity contribution in [3.05, 3.63) is 59.7 Å². The second-order valence-corrected chi connectivity index (χ2v) is 6.72. The van der Waals surface area contributed by atoms with E-state index in [9.17, 15) is 0 Å². The Balaban J connectivity index is 0.00000113. The molecule has 2 aliphatic rings. The maximum atomic E-state index is 6.21. The first-order valence-corrected chi connectivity index (χ1v) is 8.56. The van der Waals surface area contributed by atoms with Crippen molar-refractivity contribution in [1.82, 2.24) is 9.80 Å². The van der Waals surface area contributed by atoms with Crippen molar-refractivity contribution in [3.63, 3.8) is 0 Å². The smallest absolute Gasteiger partial charge is 0.130 e. The molecule has 1 saturated heterocycles. The van der Waals surface area contributed by atoms with Crippen LogP contribution in [0.1, 0.15) is 11.1 Å². The average Bonchev–Trinajstić information content (AvgIpc) is 2.56. The number of likely N-dealkylation sites (N-methyl/N-ethyl adjacent to an activating group) is 1. The summed E-state index contributed by atoms with van der Waals surface area (Å²) in [5, 5.41) is 0. The summed E-state index contributed by atoms with van der Waals surface area (Å²) < 4.78 is 6.21. The van der Waals surface area contributed by atoms with Gasteiger partial charge in [-0.05, 0) is 43.1 Å². The topological polar surface area (TPSA) is 15.7 Å². The van der Waals surface area contributed by atoms with Gasteiger partial charge in [-0.15, -0.1) is 24.8 Å². The zero-order valence-electron chi connectivity index (χ0n) is 14.6. The van der Waals surface area contributed by atoms with Crippen molar-refractivity contribution in [1.29, 1.82) is 0 Å². The molecule has 5 heteroatoms. The summed E-state index contributed by atoms with van der Waals surface area (Å²) in [6.45, 7) is 4.64. The molecule has 4 rings (SSSR count). The molecule has 0 atom stereocenters. The van der Waals surface area contributed by atoms with Crippen molar-refractivity contribution >= 4 is 24.8 Å². The number of rotatable bonds is 1. The number of para-hydroxylation sites is 2. The second kappa shape index (κ2) is 8.91. The van der Waals surface area contributed by atoms with Gasteiger partial charge in [0.2, 0.25) is 0 Å². The largest absolute Gasteiger partial charge is 0.457 e. The lowest BCUT2D eigenvalue weighted by molar-refractivity contribution is 0.109. The molecule has 0 saturated carbocycles. The Bertz CT molecular complexity index is 639. The first-order chi connectivity index (χ1) is 11.3. The number of piperazine rings is 1. The van der Waals surface area contributed by atoms with Crippen LogP contribution in [0.15, 0.2) is 48.5 Å². The van der Waals surface area contributed by atoms with Crippen LogP contribution in [-0.2, 0) is 12.8 Å². The summed E-state index contributed by atoms with van der Waals surface area (Å²) in [6.07, 6.45) is 2.13. The van der Waals surface area contributed by atoms with Crippen LogP contribution in [0.4, 0.5) is 0 Å². The first-order valence-electron chi connectivity index (χ1n) is 8.56. The van der Waals surface area contributed by atoms with Crippen molar-refractivity contribution < 1.29 is 4.74 Å². The van der Waals surface area contributed by atoms with E-state index >= 15 is 0 Å². The zero-order chi connectivity index (χ0) is 15.6. The zero-order valence-corrected chi connectivity index (χ0v) is 16.2. The molecule has 1 fully saturated rings. The quantitative estimate of drug-likeness (QED) is 0.742. The monoisotopic (exact) mass is 380 g/mol. The van der Waals surface area contributed by atoms with Crippen LogP contribution in [0, 0.1) is 0 Å². The Morgan fingerprint density at radius 3 is 1.76 bits per heavy atom. The molecule has 0 radical (unpaired) electrons. The highest BCUT2D eigenvalue weighted by Gasteiger charge is 2.26. The Hall–Kier alpha value is -1.26. The van der Waals surface area contributed by atoms with Gasteiger partial charge in [-0.1, -0.05) is 36.4 Å². The first kappa shape index (κ1) is 20.1. The predicted octanol–water partition coefficient (Wildman–Crippen LogP) is 4.04. The molecular weight excluding hydrogens is 355 g/mol. The third kappa shape index (κ3) is 4.48. The van der Waals surface area contributed by atoms with Gasteiger partial charge in [0, 0.05) is 32.2 Å². The molecule has 0 bridgehead atoms. The molecule has 2 aromatic rings. The summed E-state index contributed by atoms with van der Waals surface area (Å²) in [5.74, 6) is 2.03. The summed E-state index contributed by atoms with van der Waals surface area (Å²) in [7, 11) is 2.22. The molecular formula is C20H26Cl2N2O. The van der Waals surface area contributed by atoms with E-state index in [2.05, 4.69) is 65.4 Å². The van der Waals surface area contributed by atoms with Gasteiger partial charge in [-0.2, -0.15) is 0 Å². The maximum Gasteiger partial charge on any atom is 0.130 e. The molecule has 2 aliphatic heterocycles. The molecule has 3 nitrogen and oxygen atoms in total. The third-order valence-corrected chi connectivity index (χ3v) is 5.13. The predicted molar refractivity (Wildman–Crippen MR) is 108 cm³/mol. The standard InChI is InChI=1S/C20H24N2O.2ClH/c1-21-10-12-22(13-11-21)18-14-16-6-2-4-8-19(16)23-20-9-5-3-7-17(20)15-18;;/h2-9,18H,10-15H2,1H3;2*1H. The van der Waals surface area contributed by atoms with Gasteiger partial charge in [0.05, 0.1) is 0 Å². The van der Waals surface area contributed by atoms with Gasteiger partial charge in [-0.3, -0.25) is 4.90 Å². The molecule has 0 amide bonds. The summed E-state index contributed by atoms with van der Waals surface area (Å²) in [5.41, 5.74) is 2.65. The minimum absolute atomic E-state index is 0. The molecule has 136 valence electrons. The van der Waals surface area contributed by atoms with Crippen molar-refractivity contribution in [2.24, 2.45) is 0 Å². The number of hydrogen-bond acceptors (Lipinski definition) is 3. The average molecular weight is 381 g/mol. The van der Waals surface area contributed by atoms with Gasteiger partial charge in [0.25, 0.3) is 0 Å².